The van der Waals surface area contributed by atoms with Crippen molar-refractivity contribution < 1.29 is 19.4 Å². The molecular weight excluding hydrogens is 538 g/mol. The number of thiazole rings is 1. The van der Waals surface area contributed by atoms with E-state index in [0.717, 1.165) is 39.6 Å². The number of fused-ring (bicyclic) bond motifs is 3. The molecule has 0 fully saturated rings. The third-order valence-electron chi connectivity index (χ3n) is 6.72. The van der Waals surface area contributed by atoms with Gasteiger partial charge in [-0.25, -0.2) is 4.98 Å². The van der Waals surface area contributed by atoms with Gasteiger partial charge >= 0.3 is 5.97 Å². The Balaban J connectivity index is 1.54. The molecule has 1 aliphatic heterocycles. The molecule has 5 nitrogen and oxygen atoms in total. The van der Waals surface area contributed by atoms with Crippen LogP contribution in [0.2, 0.25) is 5.02 Å². The summed E-state index contributed by atoms with van der Waals surface area (Å²) in [5, 5.41) is 10.9. The van der Waals surface area contributed by atoms with Gasteiger partial charge in [-0.15, -0.1) is 23.1 Å². The van der Waals surface area contributed by atoms with Crippen LogP contribution >= 0.6 is 34.7 Å². The topological polar surface area (TPSA) is 68.7 Å². The van der Waals surface area contributed by atoms with E-state index in [4.69, 9.17) is 26.2 Å². The molecule has 38 heavy (non-hydrogen) atoms. The first-order valence-electron chi connectivity index (χ1n) is 12.4. The van der Waals surface area contributed by atoms with Crippen LogP contribution in [0.1, 0.15) is 49.9 Å². The molecule has 2 atom stereocenters. The number of aryl methyl sites for hydroxylation is 2. The van der Waals surface area contributed by atoms with Gasteiger partial charge in [0, 0.05) is 33.3 Å². The van der Waals surface area contributed by atoms with E-state index in [-0.39, 0.29) is 16.9 Å². The predicted molar refractivity (Wildman–Crippen MR) is 155 cm³/mol. The van der Waals surface area contributed by atoms with Gasteiger partial charge in [0.2, 0.25) is 0 Å². The van der Waals surface area contributed by atoms with Gasteiger partial charge in [0.05, 0.1) is 30.9 Å². The fraction of sp³-hybridized carbons (Fsp3) is 0.267. The van der Waals surface area contributed by atoms with Gasteiger partial charge in [-0.3, -0.25) is 4.79 Å². The minimum absolute atomic E-state index is 0.0337. The molecule has 0 radical (unpaired) electrons. The summed E-state index contributed by atoms with van der Waals surface area (Å²) in [5.74, 6) is 0.639. The molecule has 0 saturated carbocycles. The highest BCUT2D eigenvalue weighted by atomic mass is 35.5. The van der Waals surface area contributed by atoms with Gasteiger partial charge in [0.15, 0.2) is 11.5 Å². The van der Waals surface area contributed by atoms with Gasteiger partial charge in [-0.05, 0) is 53.3 Å². The zero-order valence-electron chi connectivity index (χ0n) is 21.1. The second-order valence-corrected chi connectivity index (χ2v) is 12.0. The maximum absolute atomic E-state index is 11.0. The van der Waals surface area contributed by atoms with Crippen LogP contribution in [0.15, 0.2) is 66.9 Å². The van der Waals surface area contributed by atoms with Crippen LogP contribution in [-0.2, 0) is 17.6 Å². The van der Waals surface area contributed by atoms with Crippen molar-refractivity contribution in [2.75, 3.05) is 14.2 Å². The number of nitrogens with zero attached hydrogens (tertiary/aromatic N) is 1. The lowest BCUT2D eigenvalue weighted by Gasteiger charge is -2.25. The number of carboxylic acids is 1. The van der Waals surface area contributed by atoms with Gasteiger partial charge < -0.3 is 14.6 Å². The number of hydrogen-bond acceptors (Lipinski definition) is 6. The van der Waals surface area contributed by atoms with Crippen molar-refractivity contribution in [2.45, 2.75) is 36.2 Å². The molecule has 8 heteroatoms. The van der Waals surface area contributed by atoms with E-state index in [1.165, 1.54) is 16.7 Å². The summed E-state index contributed by atoms with van der Waals surface area (Å²) in [5.41, 5.74) is 5.85. The van der Waals surface area contributed by atoms with Crippen LogP contribution in [0.25, 0.3) is 11.1 Å². The first kappa shape index (κ1) is 26.6. The number of carboxylic acid groups (broad SMARTS) is 1. The standard InChI is InChI=1S/C30H28ClNO4S2/c1-35-25-9-5-8-23(29(25)36-2)30-24-16-18(31)10-12-21(24)20-6-3-4-7-22(20)26(38-30)13-14-27-32-17-19(37-27)11-15-28(33)34/h3-10,12,16-17,26,30H,11,13-15H2,1-2H3,(H,33,34)/t26-,30-/m1/s1. The van der Waals surface area contributed by atoms with Crippen LogP contribution in [0.3, 0.4) is 0 Å². The predicted octanol–water partition coefficient (Wildman–Crippen LogP) is 8.01. The van der Waals surface area contributed by atoms with Gasteiger partial charge in [0.1, 0.15) is 0 Å². The van der Waals surface area contributed by atoms with E-state index < -0.39 is 5.97 Å². The zero-order valence-corrected chi connectivity index (χ0v) is 23.5. The molecule has 1 aliphatic rings. The van der Waals surface area contributed by atoms with Gasteiger partial charge in [-0.2, -0.15) is 0 Å². The Morgan fingerprint density at radius 3 is 2.55 bits per heavy atom. The van der Waals surface area contributed by atoms with Gasteiger partial charge in [0.25, 0.3) is 0 Å². The summed E-state index contributed by atoms with van der Waals surface area (Å²) in [6, 6.07) is 20.8. The van der Waals surface area contributed by atoms with Crippen LogP contribution in [-0.4, -0.2) is 30.3 Å². The number of benzene rings is 3. The molecule has 2 heterocycles. The number of hydrogen-bond donors (Lipinski definition) is 1. The number of aromatic nitrogens is 1. The van der Waals surface area contributed by atoms with E-state index in [1.807, 2.05) is 36.2 Å². The lowest BCUT2D eigenvalue weighted by atomic mass is 9.90. The molecular formula is C30H28ClNO4S2. The molecule has 4 aromatic rings. The molecule has 0 unspecified atom stereocenters. The third-order valence-corrected chi connectivity index (χ3v) is 9.67. The maximum Gasteiger partial charge on any atom is 0.303 e. The van der Waals surface area contributed by atoms with E-state index in [2.05, 4.69) is 47.4 Å². The molecule has 0 spiro atoms. The fourth-order valence-corrected chi connectivity index (χ4v) is 7.70. The van der Waals surface area contributed by atoms with Crippen LogP contribution in [0.4, 0.5) is 0 Å². The number of ether oxygens (including phenoxy) is 2. The average molecular weight is 566 g/mol. The van der Waals surface area contributed by atoms with E-state index in [0.29, 0.717) is 17.2 Å². The monoisotopic (exact) mass is 565 g/mol. The Morgan fingerprint density at radius 2 is 1.76 bits per heavy atom. The molecule has 0 bridgehead atoms. The van der Waals surface area contributed by atoms with Crippen molar-refractivity contribution in [3.05, 3.63) is 98.5 Å². The highest BCUT2D eigenvalue weighted by Gasteiger charge is 2.32. The highest BCUT2D eigenvalue weighted by Crippen LogP contribution is 2.56. The number of para-hydroxylation sites is 1. The molecule has 3 aromatic carbocycles. The highest BCUT2D eigenvalue weighted by molar-refractivity contribution is 8.00. The number of rotatable bonds is 9. The van der Waals surface area contributed by atoms with Crippen molar-refractivity contribution in [1.82, 2.24) is 4.98 Å². The quantitative estimate of drug-likeness (QED) is 0.222. The lowest BCUT2D eigenvalue weighted by molar-refractivity contribution is -0.136. The SMILES string of the molecule is COc1cccc([C@H]2S[C@H](CCc3ncc(CCC(=O)O)s3)c3ccccc3-c3ccc(Cl)cc32)c1OC. The minimum Gasteiger partial charge on any atom is -0.493 e. The smallest absolute Gasteiger partial charge is 0.303 e. The van der Waals surface area contributed by atoms with Crippen molar-refractivity contribution in [3.8, 4) is 22.6 Å². The first-order chi connectivity index (χ1) is 18.5. The number of methoxy groups -OCH3 is 2. The molecule has 0 aliphatic carbocycles. The number of carbonyl (C=O) groups is 1. The molecule has 1 aromatic heterocycles. The maximum atomic E-state index is 11.0. The second kappa shape index (κ2) is 11.8. The Kier molecular flexibility index (Phi) is 8.27. The number of aliphatic carboxylic acids is 1. The van der Waals surface area contributed by atoms with Crippen LogP contribution < -0.4 is 9.47 Å². The van der Waals surface area contributed by atoms with Crippen LogP contribution in [0, 0.1) is 0 Å². The molecule has 196 valence electrons. The second-order valence-electron chi connectivity index (χ2n) is 9.06. The third kappa shape index (κ3) is 5.55. The summed E-state index contributed by atoms with van der Waals surface area (Å²) in [7, 11) is 3.34. The van der Waals surface area contributed by atoms with E-state index >= 15 is 0 Å². The van der Waals surface area contributed by atoms with E-state index in [1.54, 1.807) is 25.6 Å². The van der Waals surface area contributed by atoms with Crippen molar-refractivity contribution in [1.29, 1.82) is 0 Å². The lowest BCUT2D eigenvalue weighted by Crippen LogP contribution is -2.04. The normalized spacial score (nSPS) is 16.3. The van der Waals surface area contributed by atoms with Crippen molar-refractivity contribution >= 4 is 40.7 Å². The van der Waals surface area contributed by atoms with E-state index in [9.17, 15) is 4.79 Å². The largest absolute Gasteiger partial charge is 0.493 e. The van der Waals surface area contributed by atoms with Crippen molar-refractivity contribution in [2.24, 2.45) is 0 Å². The van der Waals surface area contributed by atoms with Crippen LogP contribution in [0.5, 0.6) is 11.5 Å². The average Bonchev–Trinajstić information content (AvgIpc) is 3.34. The summed E-state index contributed by atoms with van der Waals surface area (Å²) >= 11 is 10.1. The Hall–Kier alpha value is -3.00. The molecule has 0 amide bonds. The fourth-order valence-electron chi connectivity index (χ4n) is 4.98. The molecule has 5 rings (SSSR count). The minimum atomic E-state index is -0.787. The molecule has 1 N–H and O–H groups in total. The summed E-state index contributed by atoms with van der Waals surface area (Å²) in [6.45, 7) is 0. The summed E-state index contributed by atoms with van der Waals surface area (Å²) in [4.78, 5) is 16.6. The zero-order chi connectivity index (χ0) is 26.6. The first-order valence-corrected chi connectivity index (χ1v) is 14.5. The van der Waals surface area contributed by atoms with Gasteiger partial charge in [-0.1, -0.05) is 54.1 Å². The Bertz CT molecular complexity index is 1450. The Morgan fingerprint density at radius 1 is 0.974 bits per heavy atom. The Labute approximate surface area is 235 Å². The van der Waals surface area contributed by atoms with Crippen molar-refractivity contribution in [3.63, 3.8) is 0 Å². The number of thioether (sulfide) groups is 1. The molecule has 0 saturated heterocycles. The summed E-state index contributed by atoms with van der Waals surface area (Å²) in [6.07, 6.45) is 4.15. The summed E-state index contributed by atoms with van der Waals surface area (Å²) < 4.78 is 11.5. The number of halogens is 1.